The average Bonchev–Trinajstić information content (AvgIpc) is 3.62. The number of alkyl halides is 3. The Kier molecular flexibility index (Phi) is 7.34. The average molecular weight is 559 g/mol. The molecule has 4 aromatic rings. The molecule has 1 aromatic carbocycles. The normalized spacial score (nSPS) is 15.6. The third-order valence-electron chi connectivity index (χ3n) is 7.05. The maximum absolute atomic E-state index is 13.7. The monoisotopic (exact) mass is 558 g/mol. The SMILES string of the molecule is CN1CCC(Nc2cccc3c2cc(-c2noc(CNC(=O)c4cncn4C(C)(C)C)n2)n3CC(F)(F)F)CC1. The second-order valence-corrected chi connectivity index (χ2v) is 11.2. The molecule has 0 aliphatic carbocycles. The summed E-state index contributed by atoms with van der Waals surface area (Å²) in [5.41, 5.74) is 1.37. The number of imidazole rings is 1. The Morgan fingerprint density at radius 1 is 1.18 bits per heavy atom. The third kappa shape index (κ3) is 5.98. The molecule has 1 amide bonds. The van der Waals surface area contributed by atoms with E-state index in [2.05, 4.69) is 37.7 Å². The number of aromatic nitrogens is 5. The van der Waals surface area contributed by atoms with Gasteiger partial charge < -0.3 is 29.2 Å². The zero-order chi connectivity index (χ0) is 28.7. The molecule has 5 rings (SSSR count). The Morgan fingerprint density at radius 3 is 2.62 bits per heavy atom. The van der Waals surface area contributed by atoms with Crippen LogP contribution in [0.1, 0.15) is 50.0 Å². The van der Waals surface area contributed by atoms with E-state index < -0.39 is 12.7 Å². The van der Waals surface area contributed by atoms with Crippen molar-refractivity contribution in [1.29, 1.82) is 0 Å². The van der Waals surface area contributed by atoms with Gasteiger partial charge in [0.1, 0.15) is 12.2 Å². The minimum atomic E-state index is -4.46. The molecule has 10 nitrogen and oxygen atoms in total. The van der Waals surface area contributed by atoms with E-state index in [4.69, 9.17) is 4.52 Å². The topological polar surface area (TPSA) is 106 Å². The second kappa shape index (κ2) is 10.6. The van der Waals surface area contributed by atoms with Crippen molar-refractivity contribution in [2.24, 2.45) is 0 Å². The van der Waals surface area contributed by atoms with Crippen molar-refractivity contribution in [3.05, 3.63) is 48.4 Å². The van der Waals surface area contributed by atoms with Gasteiger partial charge in [-0.3, -0.25) is 4.79 Å². The summed E-state index contributed by atoms with van der Waals surface area (Å²) in [5, 5.41) is 10.8. The van der Waals surface area contributed by atoms with Crippen LogP contribution in [0.25, 0.3) is 22.4 Å². The molecule has 0 bridgehead atoms. The Balaban J connectivity index is 1.41. The smallest absolute Gasteiger partial charge is 0.382 e. The molecule has 1 aliphatic rings. The first kappa shape index (κ1) is 27.7. The highest BCUT2D eigenvalue weighted by Crippen LogP contribution is 2.35. The van der Waals surface area contributed by atoms with Gasteiger partial charge in [-0.1, -0.05) is 11.2 Å². The van der Waals surface area contributed by atoms with Gasteiger partial charge in [0.05, 0.1) is 30.3 Å². The lowest BCUT2D eigenvalue weighted by Gasteiger charge is -2.30. The van der Waals surface area contributed by atoms with Crippen molar-refractivity contribution in [3.63, 3.8) is 0 Å². The van der Waals surface area contributed by atoms with E-state index in [0.29, 0.717) is 16.6 Å². The minimum Gasteiger partial charge on any atom is -0.382 e. The zero-order valence-corrected chi connectivity index (χ0v) is 22.9. The first-order chi connectivity index (χ1) is 18.9. The van der Waals surface area contributed by atoms with Crippen LogP contribution in [-0.4, -0.2) is 67.4 Å². The summed E-state index contributed by atoms with van der Waals surface area (Å²) in [6.45, 7) is 6.45. The van der Waals surface area contributed by atoms with Crippen LogP contribution in [0, 0.1) is 0 Å². The number of hydrogen-bond acceptors (Lipinski definition) is 7. The van der Waals surface area contributed by atoms with Gasteiger partial charge in [0, 0.05) is 22.7 Å². The fourth-order valence-corrected chi connectivity index (χ4v) is 4.99. The van der Waals surface area contributed by atoms with Crippen molar-refractivity contribution >= 4 is 22.5 Å². The molecule has 0 radical (unpaired) electrons. The molecule has 1 saturated heterocycles. The molecule has 2 N–H and O–H groups in total. The van der Waals surface area contributed by atoms with Gasteiger partial charge in [-0.15, -0.1) is 0 Å². The summed E-state index contributed by atoms with van der Waals surface area (Å²) in [7, 11) is 2.08. The van der Waals surface area contributed by atoms with Crippen LogP contribution < -0.4 is 10.6 Å². The fraction of sp³-hybridized carbons (Fsp3) is 0.481. The molecule has 3 aromatic heterocycles. The molecule has 40 heavy (non-hydrogen) atoms. The summed E-state index contributed by atoms with van der Waals surface area (Å²) < 4.78 is 49.2. The number of likely N-dealkylation sites (tertiary alicyclic amines) is 1. The molecule has 1 fully saturated rings. The molecule has 0 atom stereocenters. The van der Waals surface area contributed by atoms with Crippen molar-refractivity contribution in [1.82, 2.24) is 34.5 Å². The number of carbonyl (C=O) groups excluding carboxylic acids is 1. The molecular weight excluding hydrogens is 525 g/mol. The Labute approximate surface area is 229 Å². The number of halogens is 3. The molecule has 13 heteroatoms. The van der Waals surface area contributed by atoms with Gasteiger partial charge in [-0.05, 0) is 71.9 Å². The standard InChI is InChI=1S/C27H33F3N8O2/c1-26(2,3)38-16-31-13-22(38)25(39)32-14-23-34-24(35-40-23)21-12-18-19(33-17-8-10-36(4)11-9-17)6-5-7-20(18)37(21)15-27(28,29)30/h5-7,12-13,16-17,33H,8-11,14-15H2,1-4H3,(H,32,39). The fourth-order valence-electron chi connectivity index (χ4n) is 4.99. The van der Waals surface area contributed by atoms with Crippen LogP contribution in [0.5, 0.6) is 0 Å². The predicted octanol–water partition coefficient (Wildman–Crippen LogP) is 4.64. The molecule has 1 aliphatic heterocycles. The van der Waals surface area contributed by atoms with E-state index in [1.54, 1.807) is 29.1 Å². The lowest BCUT2D eigenvalue weighted by molar-refractivity contribution is -0.139. The number of benzene rings is 1. The maximum atomic E-state index is 13.7. The van der Waals surface area contributed by atoms with Crippen molar-refractivity contribution in [2.75, 3.05) is 25.5 Å². The van der Waals surface area contributed by atoms with Crippen LogP contribution in [0.4, 0.5) is 18.9 Å². The number of nitrogens with one attached hydrogen (secondary N) is 2. The number of nitrogens with zero attached hydrogens (tertiary/aromatic N) is 6. The van der Waals surface area contributed by atoms with Gasteiger partial charge in [0.25, 0.3) is 5.91 Å². The Morgan fingerprint density at radius 2 is 1.93 bits per heavy atom. The summed E-state index contributed by atoms with van der Waals surface area (Å²) >= 11 is 0. The van der Waals surface area contributed by atoms with Crippen LogP contribution in [0.3, 0.4) is 0 Å². The highest BCUT2D eigenvalue weighted by Gasteiger charge is 2.31. The van der Waals surface area contributed by atoms with Gasteiger partial charge >= 0.3 is 6.18 Å². The largest absolute Gasteiger partial charge is 0.406 e. The molecule has 214 valence electrons. The maximum Gasteiger partial charge on any atom is 0.406 e. The highest BCUT2D eigenvalue weighted by molar-refractivity contribution is 5.96. The number of piperidine rings is 1. The van der Waals surface area contributed by atoms with Gasteiger partial charge in [0.2, 0.25) is 11.7 Å². The summed E-state index contributed by atoms with van der Waals surface area (Å²) in [4.78, 5) is 23.4. The van der Waals surface area contributed by atoms with Gasteiger partial charge in [-0.2, -0.15) is 18.2 Å². The number of carbonyl (C=O) groups is 1. The van der Waals surface area contributed by atoms with E-state index in [-0.39, 0.29) is 41.4 Å². The molecule has 0 saturated carbocycles. The van der Waals surface area contributed by atoms with Crippen LogP contribution in [-0.2, 0) is 18.6 Å². The van der Waals surface area contributed by atoms with E-state index in [0.717, 1.165) is 36.2 Å². The number of fused-ring (bicyclic) bond motifs is 1. The van der Waals surface area contributed by atoms with Crippen LogP contribution in [0.2, 0.25) is 0 Å². The Hall–Kier alpha value is -3.87. The predicted molar refractivity (Wildman–Crippen MR) is 144 cm³/mol. The minimum absolute atomic E-state index is 0.00896. The summed E-state index contributed by atoms with van der Waals surface area (Å²) in [6, 6.07) is 7.17. The first-order valence-electron chi connectivity index (χ1n) is 13.2. The molecule has 0 unspecified atom stereocenters. The molecule has 4 heterocycles. The van der Waals surface area contributed by atoms with Crippen molar-refractivity contribution in [3.8, 4) is 11.5 Å². The Bertz CT molecular complexity index is 1490. The van der Waals surface area contributed by atoms with Crippen molar-refractivity contribution in [2.45, 2.75) is 64.5 Å². The summed E-state index contributed by atoms with van der Waals surface area (Å²) in [6.07, 6.45) is 0.467. The number of amides is 1. The van der Waals surface area contributed by atoms with E-state index >= 15 is 0 Å². The van der Waals surface area contributed by atoms with Gasteiger partial charge in [-0.25, -0.2) is 4.98 Å². The summed E-state index contributed by atoms with van der Waals surface area (Å²) in [5.74, 6) is -0.309. The van der Waals surface area contributed by atoms with Gasteiger partial charge in [0.15, 0.2) is 0 Å². The quantitative estimate of drug-likeness (QED) is 0.340. The van der Waals surface area contributed by atoms with Crippen molar-refractivity contribution < 1.29 is 22.5 Å². The van der Waals surface area contributed by atoms with E-state index in [1.165, 1.54) is 6.20 Å². The number of anilines is 1. The third-order valence-corrected chi connectivity index (χ3v) is 7.05. The highest BCUT2D eigenvalue weighted by atomic mass is 19.4. The number of hydrogen-bond donors (Lipinski definition) is 2. The zero-order valence-electron chi connectivity index (χ0n) is 22.9. The van der Waals surface area contributed by atoms with Crippen LogP contribution in [0.15, 0.2) is 41.3 Å². The lowest BCUT2D eigenvalue weighted by atomic mass is 10.0. The van der Waals surface area contributed by atoms with E-state index in [9.17, 15) is 18.0 Å². The lowest BCUT2D eigenvalue weighted by Crippen LogP contribution is -2.36. The number of rotatable bonds is 7. The van der Waals surface area contributed by atoms with Crippen LogP contribution >= 0.6 is 0 Å². The molecular formula is C27H33F3N8O2. The molecule has 0 spiro atoms. The first-order valence-corrected chi connectivity index (χ1v) is 13.2. The van der Waals surface area contributed by atoms with E-state index in [1.807, 2.05) is 26.8 Å². The second-order valence-electron chi connectivity index (χ2n) is 11.2.